The first kappa shape index (κ1) is 36.3. The molecule has 0 radical (unpaired) electrons. The van der Waals surface area contributed by atoms with Gasteiger partial charge in [0.25, 0.3) is 0 Å². The summed E-state index contributed by atoms with van der Waals surface area (Å²) in [6.45, 7) is 5.60. The summed E-state index contributed by atoms with van der Waals surface area (Å²) in [7, 11) is 0. The third kappa shape index (κ3) is 8.97. The number of allylic oxidation sites excluding steroid dienone is 1. The average molecular weight is 730 g/mol. The Labute approximate surface area is 331 Å². The number of aromatic nitrogens is 1. The second kappa shape index (κ2) is 17.6. The number of rotatable bonds is 14. The highest BCUT2D eigenvalue weighted by atomic mass is 15.5. The van der Waals surface area contributed by atoms with Crippen LogP contribution in [-0.4, -0.2) is 10.7 Å². The normalized spacial score (nSPS) is 15.2. The van der Waals surface area contributed by atoms with Gasteiger partial charge in [0.15, 0.2) is 0 Å². The number of hydrogen-bond donors (Lipinski definition) is 0. The third-order valence-corrected chi connectivity index (χ3v) is 10.5. The van der Waals surface area contributed by atoms with E-state index in [-0.39, 0.29) is 12.0 Å². The van der Waals surface area contributed by atoms with E-state index in [0.717, 1.165) is 43.3 Å². The van der Waals surface area contributed by atoms with Gasteiger partial charge in [-0.15, -0.1) is 0 Å². The van der Waals surface area contributed by atoms with E-state index < -0.39 is 0 Å². The molecule has 2 heterocycles. The van der Waals surface area contributed by atoms with Crippen molar-refractivity contribution in [2.24, 2.45) is 11.0 Å². The summed E-state index contributed by atoms with van der Waals surface area (Å²) in [6, 6.07) is 66.7. The molecule has 276 valence electrons. The van der Waals surface area contributed by atoms with Gasteiger partial charge in [-0.05, 0) is 75.9 Å². The SMILES string of the molecule is CC1C(C=Cc2ccc(N(Cc3ccccc3)Cc3ccccc3)cc2)=NN(c2ccccn2)C1c1ccc(N(Cc2ccccc2)Cc2ccccc2)cc1. The van der Waals surface area contributed by atoms with Crippen molar-refractivity contribution in [3.63, 3.8) is 0 Å². The molecule has 0 saturated heterocycles. The Morgan fingerprint density at radius 2 is 0.911 bits per heavy atom. The summed E-state index contributed by atoms with van der Waals surface area (Å²) in [5.41, 5.74) is 10.9. The van der Waals surface area contributed by atoms with Crippen molar-refractivity contribution >= 4 is 29.0 Å². The highest BCUT2D eigenvalue weighted by Crippen LogP contribution is 2.39. The van der Waals surface area contributed by atoms with Crippen molar-refractivity contribution in [2.45, 2.75) is 39.1 Å². The molecule has 56 heavy (non-hydrogen) atoms. The van der Waals surface area contributed by atoms with Crippen molar-refractivity contribution in [3.8, 4) is 0 Å². The van der Waals surface area contributed by atoms with E-state index in [9.17, 15) is 0 Å². The fourth-order valence-corrected chi connectivity index (χ4v) is 7.50. The largest absolute Gasteiger partial charge is 0.363 e. The summed E-state index contributed by atoms with van der Waals surface area (Å²) in [6.07, 6.45) is 6.21. The summed E-state index contributed by atoms with van der Waals surface area (Å²) >= 11 is 0. The summed E-state index contributed by atoms with van der Waals surface area (Å²) in [4.78, 5) is 9.61. The Morgan fingerprint density at radius 3 is 1.34 bits per heavy atom. The molecule has 0 spiro atoms. The van der Waals surface area contributed by atoms with Crippen LogP contribution in [0.4, 0.5) is 17.2 Å². The van der Waals surface area contributed by atoms with Crippen LogP contribution in [0, 0.1) is 5.92 Å². The van der Waals surface area contributed by atoms with Crippen molar-refractivity contribution in [2.75, 3.05) is 14.8 Å². The molecule has 7 aromatic rings. The number of benzene rings is 6. The zero-order valence-corrected chi connectivity index (χ0v) is 31.8. The maximum atomic E-state index is 5.20. The molecule has 1 aliphatic heterocycles. The van der Waals surface area contributed by atoms with Crippen molar-refractivity contribution in [3.05, 3.63) is 234 Å². The van der Waals surface area contributed by atoms with Crippen LogP contribution in [0.15, 0.2) is 205 Å². The zero-order valence-electron chi connectivity index (χ0n) is 31.8. The Hall–Kier alpha value is -6.72. The predicted molar refractivity (Wildman–Crippen MR) is 234 cm³/mol. The van der Waals surface area contributed by atoms with Gasteiger partial charge in [-0.1, -0.05) is 165 Å². The summed E-state index contributed by atoms with van der Waals surface area (Å²) in [5.74, 6) is 0.975. The van der Waals surface area contributed by atoms with Gasteiger partial charge in [-0.3, -0.25) is 0 Å². The van der Waals surface area contributed by atoms with Crippen molar-refractivity contribution in [1.29, 1.82) is 0 Å². The quantitative estimate of drug-likeness (QED) is 0.112. The first-order chi connectivity index (χ1) is 27.7. The van der Waals surface area contributed by atoms with Crippen LogP contribution in [0.25, 0.3) is 6.08 Å². The number of hydrogen-bond acceptors (Lipinski definition) is 5. The van der Waals surface area contributed by atoms with E-state index in [1.165, 1.54) is 39.2 Å². The molecule has 1 aromatic heterocycles. The fourth-order valence-electron chi connectivity index (χ4n) is 7.50. The fraction of sp³-hybridized carbons (Fsp3) is 0.137. The van der Waals surface area contributed by atoms with Gasteiger partial charge in [0.2, 0.25) is 0 Å². The van der Waals surface area contributed by atoms with E-state index in [1.807, 2.05) is 24.4 Å². The summed E-state index contributed by atoms with van der Waals surface area (Å²) < 4.78 is 0. The number of anilines is 3. The predicted octanol–water partition coefficient (Wildman–Crippen LogP) is 11.8. The highest BCUT2D eigenvalue weighted by Gasteiger charge is 2.36. The third-order valence-electron chi connectivity index (χ3n) is 10.5. The number of hydrazone groups is 1. The molecule has 2 atom stereocenters. The van der Waals surface area contributed by atoms with E-state index in [1.54, 1.807) is 0 Å². The molecular formula is C51H47N5. The van der Waals surface area contributed by atoms with Crippen molar-refractivity contribution < 1.29 is 0 Å². The Bertz CT molecular complexity index is 2230. The molecule has 0 fully saturated rings. The smallest absolute Gasteiger partial charge is 0.149 e. The molecule has 6 aromatic carbocycles. The van der Waals surface area contributed by atoms with Gasteiger partial charge in [0, 0.05) is 49.7 Å². The maximum Gasteiger partial charge on any atom is 0.149 e. The summed E-state index contributed by atoms with van der Waals surface area (Å²) in [5, 5.41) is 7.30. The first-order valence-corrected chi connectivity index (χ1v) is 19.5. The topological polar surface area (TPSA) is 35.0 Å². The molecule has 5 heteroatoms. The van der Waals surface area contributed by atoms with Gasteiger partial charge in [0.05, 0.1) is 11.8 Å². The minimum atomic E-state index is 0.00204. The van der Waals surface area contributed by atoms with Gasteiger partial charge in [0.1, 0.15) is 5.82 Å². The van der Waals surface area contributed by atoms with E-state index in [2.05, 4.69) is 204 Å². The molecule has 0 N–H and O–H groups in total. The first-order valence-electron chi connectivity index (χ1n) is 19.5. The lowest BCUT2D eigenvalue weighted by atomic mass is 9.91. The lowest BCUT2D eigenvalue weighted by Crippen LogP contribution is -2.25. The molecule has 2 unspecified atom stereocenters. The van der Waals surface area contributed by atoms with Gasteiger partial charge in [-0.25, -0.2) is 9.99 Å². The van der Waals surface area contributed by atoms with Crippen LogP contribution in [-0.2, 0) is 26.2 Å². The van der Waals surface area contributed by atoms with Crippen LogP contribution in [0.2, 0.25) is 0 Å². The van der Waals surface area contributed by atoms with E-state index in [4.69, 9.17) is 10.1 Å². The lowest BCUT2D eigenvalue weighted by molar-refractivity contribution is 0.584. The molecule has 1 aliphatic rings. The second-order valence-electron chi connectivity index (χ2n) is 14.5. The lowest BCUT2D eigenvalue weighted by Gasteiger charge is -2.28. The van der Waals surface area contributed by atoms with Crippen LogP contribution in [0.3, 0.4) is 0 Å². The zero-order chi connectivity index (χ0) is 37.9. The van der Waals surface area contributed by atoms with Crippen LogP contribution in [0.1, 0.15) is 46.3 Å². The Balaban J connectivity index is 1.02. The number of pyridine rings is 1. The standard InChI is InChI=1S/C51H47N5/c1-40-49(34-27-41-25-30-47(31-26-41)54(36-42-16-6-2-7-17-42)37-43-18-8-3-9-19-43)53-56(50-24-14-15-35-52-50)51(40)46-28-32-48(33-29-46)55(38-44-20-10-4-11-21-44)39-45-22-12-5-13-23-45/h2-35,40,51H,36-39H2,1H3. The van der Waals surface area contributed by atoms with Crippen molar-refractivity contribution in [1.82, 2.24) is 4.98 Å². The molecular weight excluding hydrogens is 683 g/mol. The molecule has 8 rings (SSSR count). The van der Waals surface area contributed by atoms with Gasteiger partial charge in [-0.2, -0.15) is 5.10 Å². The van der Waals surface area contributed by atoms with Crippen LogP contribution < -0.4 is 14.8 Å². The van der Waals surface area contributed by atoms with Crippen LogP contribution >= 0.6 is 0 Å². The molecule has 0 saturated carbocycles. The van der Waals surface area contributed by atoms with E-state index in [0.29, 0.717) is 0 Å². The second-order valence-corrected chi connectivity index (χ2v) is 14.5. The Kier molecular flexibility index (Phi) is 11.4. The van der Waals surface area contributed by atoms with Gasteiger partial charge < -0.3 is 9.80 Å². The highest BCUT2D eigenvalue weighted by molar-refractivity contribution is 6.02. The molecule has 0 aliphatic carbocycles. The Morgan fingerprint density at radius 1 is 0.482 bits per heavy atom. The molecule has 0 bridgehead atoms. The van der Waals surface area contributed by atoms with E-state index >= 15 is 0 Å². The minimum absolute atomic E-state index is 0.00204. The van der Waals surface area contributed by atoms with Gasteiger partial charge >= 0.3 is 0 Å². The monoisotopic (exact) mass is 729 g/mol. The number of nitrogens with zero attached hydrogens (tertiary/aromatic N) is 5. The van der Waals surface area contributed by atoms with Crippen LogP contribution in [0.5, 0.6) is 0 Å². The molecule has 0 amide bonds. The molecule has 5 nitrogen and oxygen atoms in total. The maximum absolute atomic E-state index is 5.20. The average Bonchev–Trinajstić information content (AvgIpc) is 3.60. The minimum Gasteiger partial charge on any atom is -0.363 e.